The van der Waals surface area contributed by atoms with Crippen molar-refractivity contribution in [2.24, 2.45) is 0 Å². The lowest BCUT2D eigenvalue weighted by molar-refractivity contribution is -0.870. The molecular formula is C50H86NO10P. The Hall–Kier alpha value is -2.79. The van der Waals surface area contributed by atoms with Gasteiger partial charge in [0.25, 0.3) is 7.82 Å². The molecule has 0 aromatic carbocycles. The minimum Gasteiger partial charge on any atom is -0.756 e. The van der Waals surface area contributed by atoms with Crippen LogP contribution in [0.4, 0.5) is 0 Å². The molecule has 1 heterocycles. The van der Waals surface area contributed by atoms with Gasteiger partial charge < -0.3 is 37.4 Å². The van der Waals surface area contributed by atoms with Crippen LogP contribution in [0.1, 0.15) is 171 Å². The largest absolute Gasteiger partial charge is 0.756 e. The van der Waals surface area contributed by atoms with E-state index >= 15 is 0 Å². The van der Waals surface area contributed by atoms with Crippen molar-refractivity contribution in [2.75, 3.05) is 47.5 Å². The lowest BCUT2D eigenvalue weighted by Gasteiger charge is -2.28. The van der Waals surface area contributed by atoms with Crippen molar-refractivity contribution in [3.63, 3.8) is 0 Å². The average molecular weight is 892 g/mol. The van der Waals surface area contributed by atoms with Crippen LogP contribution in [-0.4, -0.2) is 81.2 Å². The number of hydrogen-bond donors (Lipinski definition) is 1. The highest BCUT2D eigenvalue weighted by atomic mass is 31.2. The molecule has 0 saturated heterocycles. The SMILES string of the molecule is CCCCC/C=C\C/C=C\C/C=C\C=C\[C@@H](O)CCCC(=O)OC[C@H](COP(=O)([O-])OCC[N+](C)(C)C)OC(=O)CCCCCCCCCCc1oc(CCCCC)c(C)c1C. The molecule has 1 aromatic heterocycles. The quantitative estimate of drug-likeness (QED) is 0.0169. The number of aliphatic hydroxyl groups is 1. The van der Waals surface area contributed by atoms with Gasteiger partial charge in [-0.1, -0.05) is 127 Å². The number of aliphatic hydroxyl groups excluding tert-OH is 1. The minimum atomic E-state index is -4.69. The predicted molar refractivity (Wildman–Crippen MR) is 250 cm³/mol. The van der Waals surface area contributed by atoms with Crippen LogP contribution < -0.4 is 4.89 Å². The monoisotopic (exact) mass is 892 g/mol. The zero-order valence-electron chi connectivity index (χ0n) is 39.9. The van der Waals surface area contributed by atoms with Crippen molar-refractivity contribution in [2.45, 2.75) is 188 Å². The molecule has 0 spiro atoms. The van der Waals surface area contributed by atoms with E-state index in [1.165, 1.54) is 56.1 Å². The van der Waals surface area contributed by atoms with E-state index in [0.717, 1.165) is 82.1 Å². The molecule has 1 unspecified atom stereocenters. The Morgan fingerprint density at radius 2 is 1.27 bits per heavy atom. The molecular weight excluding hydrogens is 806 g/mol. The zero-order valence-corrected chi connectivity index (χ0v) is 40.8. The van der Waals surface area contributed by atoms with Gasteiger partial charge in [-0.3, -0.25) is 14.2 Å². The van der Waals surface area contributed by atoms with Gasteiger partial charge in [0.15, 0.2) is 6.10 Å². The lowest BCUT2D eigenvalue weighted by atomic mass is 10.0. The van der Waals surface area contributed by atoms with E-state index in [1.54, 1.807) is 12.2 Å². The standard InChI is InChI=1S/C50H86NO10P/c1-8-10-12-13-14-15-16-17-18-19-22-25-29-33-45(52)34-32-38-49(53)57-41-46(42-59-62(55,56)58-40-39-51(5,6)7)60-50(54)37-31-27-24-21-20-23-26-30-36-48-44(4)43(3)47(61-48)35-28-11-9-2/h14-15,17-18,22,25,29,33,45-46,52H,8-13,16,19-21,23-24,26-28,30-32,34-42H2,1-7H3/b15-14-,18-17-,25-22-,33-29+/t45-,46-/m1/s1. The molecule has 1 aromatic rings. The highest BCUT2D eigenvalue weighted by Gasteiger charge is 2.22. The molecule has 0 saturated carbocycles. The Morgan fingerprint density at radius 1 is 0.710 bits per heavy atom. The number of ether oxygens (including phenoxy) is 2. The maximum atomic E-state index is 12.8. The zero-order chi connectivity index (χ0) is 45.9. The van der Waals surface area contributed by atoms with Crippen LogP contribution in [0, 0.1) is 13.8 Å². The van der Waals surface area contributed by atoms with E-state index < -0.39 is 38.6 Å². The summed E-state index contributed by atoms with van der Waals surface area (Å²) in [5.41, 5.74) is 2.63. The minimum absolute atomic E-state index is 0.0394. The summed E-state index contributed by atoms with van der Waals surface area (Å²) in [6.45, 7) is 8.26. The number of quaternary nitrogens is 1. The normalized spacial score (nSPS) is 14.4. The van der Waals surface area contributed by atoms with Crippen LogP contribution in [0.25, 0.3) is 0 Å². The summed E-state index contributed by atoms with van der Waals surface area (Å²) < 4.78 is 40.1. The lowest BCUT2D eigenvalue weighted by Crippen LogP contribution is -2.37. The molecule has 0 aliphatic heterocycles. The van der Waals surface area contributed by atoms with Gasteiger partial charge in [-0.15, -0.1) is 0 Å². The number of allylic oxidation sites excluding steroid dienone is 7. The Balaban J connectivity index is 2.42. The first-order valence-electron chi connectivity index (χ1n) is 23.8. The van der Waals surface area contributed by atoms with Crippen LogP contribution in [-0.2, 0) is 45.5 Å². The molecule has 0 bridgehead atoms. The highest BCUT2D eigenvalue weighted by molar-refractivity contribution is 7.45. The summed E-state index contributed by atoms with van der Waals surface area (Å²) in [5, 5.41) is 10.3. The number of nitrogens with zero attached hydrogens (tertiary/aromatic N) is 1. The van der Waals surface area contributed by atoms with Crippen LogP contribution in [0.5, 0.6) is 0 Å². The van der Waals surface area contributed by atoms with Gasteiger partial charge in [0.2, 0.25) is 0 Å². The molecule has 0 fully saturated rings. The van der Waals surface area contributed by atoms with Gasteiger partial charge in [-0.2, -0.15) is 0 Å². The number of esters is 2. The summed E-state index contributed by atoms with van der Waals surface area (Å²) in [4.78, 5) is 37.8. The fraction of sp³-hybridized carbons (Fsp3) is 0.720. The van der Waals surface area contributed by atoms with Crippen LogP contribution >= 0.6 is 7.82 Å². The Morgan fingerprint density at radius 3 is 1.92 bits per heavy atom. The Kier molecular flexibility index (Phi) is 32.8. The number of likely N-dealkylation sites (N-methyl/N-ethyl adjacent to an activating group) is 1. The van der Waals surface area contributed by atoms with E-state index in [9.17, 15) is 24.2 Å². The molecule has 0 aliphatic rings. The molecule has 1 N–H and O–H groups in total. The maximum absolute atomic E-state index is 12.8. The smallest absolute Gasteiger partial charge is 0.306 e. The second-order valence-electron chi connectivity index (χ2n) is 17.6. The number of unbranched alkanes of at least 4 members (excludes halogenated alkanes) is 12. The van der Waals surface area contributed by atoms with Gasteiger partial charge in [0, 0.05) is 25.7 Å². The molecule has 0 amide bonds. The highest BCUT2D eigenvalue weighted by Crippen LogP contribution is 2.38. The van der Waals surface area contributed by atoms with Gasteiger partial charge in [0.1, 0.15) is 31.3 Å². The van der Waals surface area contributed by atoms with Crippen LogP contribution in [0.15, 0.2) is 53.0 Å². The van der Waals surface area contributed by atoms with E-state index in [4.69, 9.17) is 22.9 Å². The Bertz CT molecular complexity index is 1490. The number of aryl methyl sites for hydroxylation is 2. The molecule has 0 aliphatic carbocycles. The number of hydrogen-bond acceptors (Lipinski definition) is 10. The number of carbonyl (C=O) groups is 2. The van der Waals surface area contributed by atoms with E-state index in [0.29, 0.717) is 30.3 Å². The number of carbonyl (C=O) groups excluding carboxylic acids is 2. The second-order valence-corrected chi connectivity index (χ2v) is 19.0. The van der Waals surface area contributed by atoms with Crippen molar-refractivity contribution >= 4 is 19.8 Å². The number of phosphoric ester groups is 1. The molecule has 62 heavy (non-hydrogen) atoms. The molecule has 12 heteroatoms. The van der Waals surface area contributed by atoms with E-state index in [1.807, 2.05) is 33.3 Å². The fourth-order valence-corrected chi connectivity index (χ4v) is 7.31. The second kappa shape index (κ2) is 35.5. The molecule has 1 rings (SSSR count). The number of furan rings is 1. The maximum Gasteiger partial charge on any atom is 0.306 e. The van der Waals surface area contributed by atoms with Crippen molar-refractivity contribution in [1.82, 2.24) is 0 Å². The van der Waals surface area contributed by atoms with Gasteiger partial charge in [0.05, 0.1) is 33.9 Å². The molecule has 11 nitrogen and oxygen atoms in total. The summed E-state index contributed by atoms with van der Waals surface area (Å²) >= 11 is 0. The Labute approximate surface area is 376 Å². The summed E-state index contributed by atoms with van der Waals surface area (Å²) in [5.74, 6) is 1.25. The third-order valence-electron chi connectivity index (χ3n) is 10.7. The van der Waals surface area contributed by atoms with Crippen molar-refractivity contribution in [3.05, 3.63) is 71.3 Å². The van der Waals surface area contributed by atoms with Crippen molar-refractivity contribution < 1.29 is 51.6 Å². The number of rotatable bonds is 39. The first-order chi connectivity index (χ1) is 29.7. The average Bonchev–Trinajstić information content (AvgIpc) is 3.48. The van der Waals surface area contributed by atoms with Crippen molar-refractivity contribution in [3.8, 4) is 0 Å². The van der Waals surface area contributed by atoms with Gasteiger partial charge >= 0.3 is 11.9 Å². The molecule has 3 atom stereocenters. The van der Waals surface area contributed by atoms with Gasteiger partial charge in [-0.25, -0.2) is 0 Å². The number of phosphoric acid groups is 1. The fourth-order valence-electron chi connectivity index (χ4n) is 6.58. The predicted octanol–water partition coefficient (Wildman–Crippen LogP) is 11.5. The van der Waals surface area contributed by atoms with E-state index in [2.05, 4.69) is 52.0 Å². The third kappa shape index (κ3) is 32.0. The summed E-state index contributed by atoms with van der Waals surface area (Å²) in [6.07, 6.45) is 35.7. The first-order valence-corrected chi connectivity index (χ1v) is 25.3. The topological polar surface area (TPSA) is 145 Å². The summed E-state index contributed by atoms with van der Waals surface area (Å²) in [6, 6.07) is 0. The third-order valence-corrected chi connectivity index (χ3v) is 11.6. The molecule has 0 radical (unpaired) electrons. The van der Waals surface area contributed by atoms with Crippen LogP contribution in [0.3, 0.4) is 0 Å². The summed E-state index contributed by atoms with van der Waals surface area (Å²) in [7, 11) is 1.04. The van der Waals surface area contributed by atoms with Crippen LogP contribution in [0.2, 0.25) is 0 Å². The first kappa shape index (κ1) is 57.2. The molecule has 356 valence electrons. The van der Waals surface area contributed by atoms with E-state index in [-0.39, 0.29) is 26.1 Å². The van der Waals surface area contributed by atoms with Crippen molar-refractivity contribution in [1.29, 1.82) is 0 Å². The van der Waals surface area contributed by atoms with Gasteiger partial charge in [-0.05, 0) is 82.8 Å².